The number of anilines is 1. The molecule has 1 aliphatic heterocycles. The first-order valence-electron chi connectivity index (χ1n) is 10.9. The number of carbonyl (C=O) groups is 1. The summed E-state index contributed by atoms with van der Waals surface area (Å²) in [5, 5.41) is 0.440. The zero-order valence-electron chi connectivity index (χ0n) is 18.3. The van der Waals surface area contributed by atoms with E-state index in [4.69, 9.17) is 9.15 Å². The van der Waals surface area contributed by atoms with E-state index in [9.17, 15) is 9.59 Å². The monoisotopic (exact) mass is 503 g/mol. The van der Waals surface area contributed by atoms with Crippen LogP contribution >= 0.6 is 15.9 Å². The van der Waals surface area contributed by atoms with Gasteiger partial charge in [0, 0.05) is 10.2 Å². The van der Waals surface area contributed by atoms with E-state index in [1.54, 1.807) is 23.1 Å². The van der Waals surface area contributed by atoms with Gasteiger partial charge in [-0.1, -0.05) is 47.1 Å². The summed E-state index contributed by atoms with van der Waals surface area (Å²) in [5.41, 5.74) is 3.10. The summed E-state index contributed by atoms with van der Waals surface area (Å²) in [5.74, 6) is 0.517. The van der Waals surface area contributed by atoms with Gasteiger partial charge in [0.15, 0.2) is 5.43 Å². The van der Waals surface area contributed by atoms with Crippen LogP contribution in [0.1, 0.15) is 46.6 Å². The summed E-state index contributed by atoms with van der Waals surface area (Å²) in [4.78, 5) is 28.9. The van der Waals surface area contributed by atoms with Crippen molar-refractivity contribution in [1.82, 2.24) is 0 Å². The fourth-order valence-corrected chi connectivity index (χ4v) is 4.63. The Morgan fingerprint density at radius 2 is 1.82 bits per heavy atom. The molecule has 0 bridgehead atoms. The number of hydrogen-bond acceptors (Lipinski definition) is 4. The molecule has 5 rings (SSSR count). The number of amides is 1. The second-order valence-electron chi connectivity index (χ2n) is 8.15. The van der Waals surface area contributed by atoms with E-state index in [1.165, 1.54) is 0 Å². The molecule has 2 heterocycles. The van der Waals surface area contributed by atoms with Gasteiger partial charge in [-0.15, -0.1) is 0 Å². The van der Waals surface area contributed by atoms with E-state index in [0.717, 1.165) is 27.8 Å². The molecule has 4 aromatic rings. The van der Waals surface area contributed by atoms with Gasteiger partial charge in [0.05, 0.1) is 23.6 Å². The molecule has 0 N–H and O–H groups in total. The van der Waals surface area contributed by atoms with E-state index in [0.29, 0.717) is 28.8 Å². The molecule has 0 radical (unpaired) electrons. The van der Waals surface area contributed by atoms with Crippen molar-refractivity contribution in [1.29, 1.82) is 0 Å². The number of rotatable bonds is 5. The van der Waals surface area contributed by atoms with Crippen molar-refractivity contribution < 1.29 is 13.9 Å². The van der Waals surface area contributed by atoms with Crippen molar-refractivity contribution in [2.75, 3.05) is 11.5 Å². The fraction of sp³-hybridized carbons (Fsp3) is 0.185. The van der Waals surface area contributed by atoms with E-state index < -0.39 is 6.04 Å². The first-order chi connectivity index (χ1) is 16.0. The number of hydrogen-bond donors (Lipinski definition) is 0. The highest BCUT2D eigenvalue weighted by molar-refractivity contribution is 9.10. The Morgan fingerprint density at radius 3 is 2.55 bits per heavy atom. The zero-order valence-corrected chi connectivity index (χ0v) is 19.9. The second kappa shape index (κ2) is 8.52. The van der Waals surface area contributed by atoms with Crippen molar-refractivity contribution in [3.05, 3.63) is 104 Å². The van der Waals surface area contributed by atoms with Gasteiger partial charge in [-0.3, -0.25) is 14.5 Å². The third-order valence-electron chi connectivity index (χ3n) is 5.78. The van der Waals surface area contributed by atoms with Crippen molar-refractivity contribution >= 4 is 38.5 Å². The number of fused-ring (bicyclic) bond motifs is 2. The molecular formula is C27H22BrNO4. The summed E-state index contributed by atoms with van der Waals surface area (Å²) in [6.45, 7) is 4.66. The lowest BCUT2D eigenvalue weighted by Crippen LogP contribution is -2.29. The van der Waals surface area contributed by atoms with E-state index in [2.05, 4.69) is 22.9 Å². The predicted octanol–water partition coefficient (Wildman–Crippen LogP) is 6.40. The van der Waals surface area contributed by atoms with Crippen LogP contribution in [-0.2, 0) is 0 Å². The summed E-state index contributed by atoms with van der Waals surface area (Å²) < 4.78 is 12.5. The topological polar surface area (TPSA) is 59.8 Å². The van der Waals surface area contributed by atoms with E-state index >= 15 is 0 Å². The Hall–Kier alpha value is -3.38. The van der Waals surface area contributed by atoms with Crippen molar-refractivity contribution in [3.63, 3.8) is 0 Å². The van der Waals surface area contributed by atoms with Crippen molar-refractivity contribution in [3.8, 4) is 5.75 Å². The summed E-state index contributed by atoms with van der Waals surface area (Å²) >= 11 is 3.43. The van der Waals surface area contributed by atoms with Crippen LogP contribution in [0.4, 0.5) is 5.69 Å². The smallest absolute Gasteiger partial charge is 0.295 e. The van der Waals surface area contributed by atoms with Crippen LogP contribution in [0.5, 0.6) is 5.75 Å². The molecule has 6 heteroatoms. The minimum absolute atomic E-state index is 0.0904. The number of nitrogens with zero attached hydrogens (tertiary/aromatic N) is 1. The first kappa shape index (κ1) is 21.5. The molecule has 33 heavy (non-hydrogen) atoms. The van der Waals surface area contributed by atoms with Gasteiger partial charge in [0.25, 0.3) is 5.91 Å². The molecule has 1 unspecified atom stereocenters. The van der Waals surface area contributed by atoms with Crippen LogP contribution < -0.4 is 15.1 Å². The van der Waals surface area contributed by atoms with Crippen molar-refractivity contribution in [2.24, 2.45) is 0 Å². The number of carbonyl (C=O) groups excluding carboxylic acids is 1. The lowest BCUT2D eigenvalue weighted by atomic mass is 9.98. The molecule has 0 saturated heterocycles. The Morgan fingerprint density at radius 1 is 1.03 bits per heavy atom. The number of ether oxygens (including phenoxy) is 1. The molecule has 0 spiro atoms. The Bertz CT molecular complexity index is 1420. The molecule has 5 nitrogen and oxygen atoms in total. The van der Waals surface area contributed by atoms with E-state index in [-0.39, 0.29) is 17.1 Å². The van der Waals surface area contributed by atoms with Gasteiger partial charge in [-0.2, -0.15) is 0 Å². The lowest BCUT2D eigenvalue weighted by molar-refractivity contribution is 0.0971. The average Bonchev–Trinajstić information content (AvgIpc) is 3.11. The summed E-state index contributed by atoms with van der Waals surface area (Å²) in [6.07, 6.45) is 0.914. The molecule has 0 saturated carbocycles. The second-order valence-corrected chi connectivity index (χ2v) is 9.06. The van der Waals surface area contributed by atoms with Crippen molar-refractivity contribution in [2.45, 2.75) is 26.3 Å². The molecule has 1 aromatic heterocycles. The molecule has 1 amide bonds. The van der Waals surface area contributed by atoms with Crippen LogP contribution in [0.15, 0.2) is 80.4 Å². The minimum Gasteiger partial charge on any atom is -0.494 e. The van der Waals surface area contributed by atoms with Gasteiger partial charge < -0.3 is 9.15 Å². The van der Waals surface area contributed by atoms with Crippen LogP contribution in [0.3, 0.4) is 0 Å². The maximum atomic E-state index is 13.7. The fourth-order valence-electron chi connectivity index (χ4n) is 4.27. The van der Waals surface area contributed by atoms with E-state index in [1.807, 2.05) is 55.5 Å². The summed E-state index contributed by atoms with van der Waals surface area (Å²) in [7, 11) is 0. The van der Waals surface area contributed by atoms with Gasteiger partial charge in [-0.25, -0.2) is 0 Å². The first-order valence-corrected chi connectivity index (χ1v) is 11.7. The Labute approximate surface area is 199 Å². The Balaban J connectivity index is 1.73. The molecule has 0 aliphatic carbocycles. The average molecular weight is 504 g/mol. The van der Waals surface area contributed by atoms with Gasteiger partial charge in [0.2, 0.25) is 5.76 Å². The minimum atomic E-state index is -0.603. The largest absolute Gasteiger partial charge is 0.494 e. The molecule has 1 atom stereocenters. The molecule has 166 valence electrons. The maximum Gasteiger partial charge on any atom is 0.295 e. The lowest BCUT2D eigenvalue weighted by Gasteiger charge is -2.25. The van der Waals surface area contributed by atoms with Gasteiger partial charge >= 0.3 is 0 Å². The van der Waals surface area contributed by atoms with Crippen LogP contribution in [0, 0.1) is 6.92 Å². The number of aryl methyl sites for hydroxylation is 1. The number of benzene rings is 3. The highest BCUT2D eigenvalue weighted by Gasteiger charge is 2.43. The molecule has 3 aromatic carbocycles. The number of halogens is 1. The SMILES string of the molecule is CCCOc1ccc(C2c3c(oc4ccc(Br)cc4c3=O)C(=O)N2c2cccc(C)c2)cc1. The van der Waals surface area contributed by atoms with Crippen LogP contribution in [0.2, 0.25) is 0 Å². The third-order valence-corrected chi connectivity index (χ3v) is 6.27. The quantitative estimate of drug-likeness (QED) is 0.316. The Kier molecular flexibility index (Phi) is 5.54. The maximum absolute atomic E-state index is 13.7. The van der Waals surface area contributed by atoms with Gasteiger partial charge in [0.1, 0.15) is 11.3 Å². The normalized spacial score (nSPS) is 15.2. The third kappa shape index (κ3) is 3.74. The van der Waals surface area contributed by atoms with Crippen LogP contribution in [-0.4, -0.2) is 12.5 Å². The highest BCUT2D eigenvalue weighted by atomic mass is 79.9. The molecule has 0 fully saturated rings. The standard InChI is InChI=1S/C27H22BrNO4/c1-3-13-32-20-10-7-17(8-11-20)24-23-25(30)21-15-18(28)9-12-22(21)33-26(23)27(31)29(24)19-6-4-5-16(2)14-19/h4-12,14-15,24H,3,13H2,1-2H3. The molecular weight excluding hydrogens is 482 g/mol. The predicted molar refractivity (Wildman–Crippen MR) is 132 cm³/mol. The molecule has 1 aliphatic rings. The summed E-state index contributed by atoms with van der Waals surface area (Å²) in [6, 6.07) is 19.9. The highest BCUT2D eigenvalue weighted by Crippen LogP contribution is 2.41. The van der Waals surface area contributed by atoms with Gasteiger partial charge in [-0.05, 0) is 66.9 Å². The zero-order chi connectivity index (χ0) is 23.1. The van der Waals surface area contributed by atoms with Crippen LogP contribution in [0.25, 0.3) is 11.0 Å².